The highest BCUT2D eigenvalue weighted by atomic mass is 17.5. The van der Waals surface area contributed by atoms with Crippen LogP contribution in [0.4, 0.5) is 0 Å². The molecular formula is C33H26O3. The monoisotopic (exact) mass is 470 g/mol. The molecule has 0 aromatic heterocycles. The number of hydrogen-bond donors (Lipinski definition) is 0. The first-order valence-electron chi connectivity index (χ1n) is 12.2. The van der Waals surface area contributed by atoms with E-state index in [4.69, 9.17) is 14.8 Å². The average Bonchev–Trinajstić information content (AvgIpc) is 2.99. The SMILES string of the molecule is c1ccc(C2OOOC(c3ccccc3)(c3ccccc3)C2(c2ccccc2)c2ccccc2)cc1. The van der Waals surface area contributed by atoms with Crippen molar-refractivity contribution in [3.05, 3.63) is 179 Å². The van der Waals surface area contributed by atoms with Crippen molar-refractivity contribution in [1.82, 2.24) is 0 Å². The van der Waals surface area contributed by atoms with Crippen LogP contribution in [0, 0.1) is 0 Å². The Labute approximate surface area is 211 Å². The lowest BCUT2D eigenvalue weighted by Crippen LogP contribution is -2.59. The molecule has 36 heavy (non-hydrogen) atoms. The summed E-state index contributed by atoms with van der Waals surface area (Å²) in [7, 11) is 0. The fourth-order valence-electron chi connectivity index (χ4n) is 5.71. The van der Waals surface area contributed by atoms with Gasteiger partial charge in [-0.2, -0.15) is 9.78 Å². The first kappa shape index (κ1) is 22.4. The van der Waals surface area contributed by atoms with E-state index in [1.54, 1.807) is 0 Å². The third-order valence-electron chi connectivity index (χ3n) is 7.16. The molecule has 1 atom stereocenters. The molecule has 0 amide bonds. The van der Waals surface area contributed by atoms with Crippen molar-refractivity contribution >= 4 is 0 Å². The molecule has 1 heterocycles. The first-order valence-corrected chi connectivity index (χ1v) is 12.2. The maximum atomic E-state index is 6.49. The van der Waals surface area contributed by atoms with E-state index < -0.39 is 17.1 Å². The maximum absolute atomic E-state index is 6.49. The lowest BCUT2D eigenvalue weighted by molar-refractivity contribution is -0.598. The van der Waals surface area contributed by atoms with E-state index in [1.807, 2.05) is 66.7 Å². The van der Waals surface area contributed by atoms with Gasteiger partial charge in [0, 0.05) is 0 Å². The molecule has 3 heteroatoms. The quantitative estimate of drug-likeness (QED) is 0.248. The molecule has 176 valence electrons. The van der Waals surface area contributed by atoms with Gasteiger partial charge in [0.2, 0.25) is 0 Å². The summed E-state index contributed by atoms with van der Waals surface area (Å²) >= 11 is 0. The van der Waals surface area contributed by atoms with E-state index in [9.17, 15) is 0 Å². The molecule has 0 aliphatic carbocycles. The van der Waals surface area contributed by atoms with Gasteiger partial charge in [0.1, 0.15) is 6.10 Å². The van der Waals surface area contributed by atoms with Crippen LogP contribution < -0.4 is 0 Å². The normalized spacial score (nSPS) is 18.4. The van der Waals surface area contributed by atoms with Crippen LogP contribution in [0.3, 0.4) is 0 Å². The van der Waals surface area contributed by atoms with E-state index in [0.717, 1.165) is 27.8 Å². The van der Waals surface area contributed by atoms with Crippen molar-refractivity contribution < 1.29 is 14.8 Å². The number of hydrogen-bond acceptors (Lipinski definition) is 3. The van der Waals surface area contributed by atoms with Crippen LogP contribution in [0.2, 0.25) is 0 Å². The van der Waals surface area contributed by atoms with Gasteiger partial charge >= 0.3 is 0 Å². The van der Waals surface area contributed by atoms with Crippen LogP contribution in [-0.2, 0) is 25.8 Å². The maximum Gasteiger partial charge on any atom is 0.173 e. The van der Waals surface area contributed by atoms with Crippen LogP contribution in [0.1, 0.15) is 33.9 Å². The van der Waals surface area contributed by atoms with E-state index in [0.29, 0.717) is 0 Å². The van der Waals surface area contributed by atoms with Crippen LogP contribution >= 0.6 is 0 Å². The third-order valence-corrected chi connectivity index (χ3v) is 7.16. The second kappa shape index (κ2) is 9.56. The molecule has 1 aliphatic heterocycles. The summed E-state index contributed by atoms with van der Waals surface area (Å²) in [6.07, 6.45) is -0.530. The van der Waals surface area contributed by atoms with Gasteiger partial charge in [-0.25, -0.2) is 0 Å². The summed E-state index contributed by atoms with van der Waals surface area (Å²) in [5, 5.41) is 5.66. The molecule has 6 rings (SSSR count). The van der Waals surface area contributed by atoms with Gasteiger partial charge in [-0.15, -0.1) is 0 Å². The summed E-state index contributed by atoms with van der Waals surface area (Å²) < 4.78 is 0. The fourth-order valence-corrected chi connectivity index (χ4v) is 5.71. The highest BCUT2D eigenvalue weighted by Gasteiger charge is 2.66. The summed E-state index contributed by atoms with van der Waals surface area (Å²) in [5.74, 6) is 0. The minimum atomic E-state index is -1.09. The molecule has 5 aromatic rings. The molecule has 0 spiro atoms. The molecular weight excluding hydrogens is 444 g/mol. The van der Waals surface area contributed by atoms with E-state index in [1.165, 1.54) is 0 Å². The Morgan fingerprint density at radius 3 is 1.19 bits per heavy atom. The molecule has 1 aliphatic rings. The van der Waals surface area contributed by atoms with Crippen molar-refractivity contribution in [1.29, 1.82) is 0 Å². The first-order chi connectivity index (χ1) is 17.9. The molecule has 0 radical (unpaired) electrons. The molecule has 0 bridgehead atoms. The van der Waals surface area contributed by atoms with Crippen LogP contribution in [0.15, 0.2) is 152 Å². The molecule has 5 aromatic carbocycles. The molecule has 1 saturated heterocycles. The van der Waals surface area contributed by atoms with Gasteiger partial charge in [0.05, 0.1) is 5.41 Å². The van der Waals surface area contributed by atoms with Crippen LogP contribution in [-0.4, -0.2) is 0 Å². The topological polar surface area (TPSA) is 27.7 Å². The van der Waals surface area contributed by atoms with Crippen molar-refractivity contribution in [3.8, 4) is 0 Å². The van der Waals surface area contributed by atoms with Gasteiger partial charge in [0.15, 0.2) is 5.60 Å². The predicted molar refractivity (Wildman–Crippen MR) is 140 cm³/mol. The predicted octanol–water partition coefficient (Wildman–Crippen LogP) is 7.55. The average molecular weight is 471 g/mol. The number of benzene rings is 5. The lowest BCUT2D eigenvalue weighted by Gasteiger charge is -2.55. The van der Waals surface area contributed by atoms with Crippen molar-refractivity contribution in [2.45, 2.75) is 17.1 Å². The molecule has 1 fully saturated rings. The standard InChI is InChI=1S/C33H26O3/c1-6-16-26(17-7-1)31-32(27-18-8-2-9-19-27,28-20-10-3-11-21-28)33(35-36-34-31,29-22-12-4-13-23-29)30-24-14-5-15-25-30/h1-25,31H. The third kappa shape index (κ3) is 3.41. The van der Waals surface area contributed by atoms with Gasteiger partial charge < -0.3 is 0 Å². The Kier molecular flexibility index (Phi) is 5.96. The fraction of sp³-hybridized carbons (Fsp3) is 0.0909. The molecule has 1 unspecified atom stereocenters. The Balaban J connectivity index is 1.81. The van der Waals surface area contributed by atoms with Crippen molar-refractivity contribution in [2.75, 3.05) is 0 Å². The zero-order valence-electron chi connectivity index (χ0n) is 19.7. The summed E-state index contributed by atoms with van der Waals surface area (Å²) in [4.78, 5) is 12.7. The van der Waals surface area contributed by atoms with Gasteiger partial charge in [-0.05, 0) is 27.8 Å². The second-order valence-corrected chi connectivity index (χ2v) is 8.99. The van der Waals surface area contributed by atoms with Crippen LogP contribution in [0.5, 0.6) is 0 Å². The summed E-state index contributed by atoms with van der Waals surface area (Å²) in [6, 6.07) is 51.8. The summed E-state index contributed by atoms with van der Waals surface area (Å²) in [5.41, 5.74) is 3.09. The molecule has 0 N–H and O–H groups in total. The Morgan fingerprint density at radius 1 is 0.417 bits per heavy atom. The van der Waals surface area contributed by atoms with Gasteiger partial charge in [-0.1, -0.05) is 157 Å². The van der Waals surface area contributed by atoms with E-state index in [2.05, 4.69) is 84.9 Å². The van der Waals surface area contributed by atoms with Gasteiger partial charge in [0.25, 0.3) is 0 Å². The van der Waals surface area contributed by atoms with Crippen molar-refractivity contribution in [3.63, 3.8) is 0 Å². The minimum Gasteiger partial charge on any atom is -0.196 e. The highest BCUT2D eigenvalue weighted by molar-refractivity contribution is 5.56. The largest absolute Gasteiger partial charge is 0.196 e. The van der Waals surface area contributed by atoms with E-state index >= 15 is 0 Å². The van der Waals surface area contributed by atoms with Crippen LogP contribution in [0.25, 0.3) is 0 Å². The zero-order valence-corrected chi connectivity index (χ0v) is 19.7. The smallest absolute Gasteiger partial charge is 0.173 e. The minimum absolute atomic E-state index is 0.530. The highest BCUT2D eigenvalue weighted by Crippen LogP contribution is 2.62. The molecule has 0 saturated carbocycles. The zero-order chi connectivity index (χ0) is 24.3. The Hall–Kier alpha value is -4.02. The van der Waals surface area contributed by atoms with Crippen molar-refractivity contribution in [2.24, 2.45) is 0 Å². The Bertz CT molecular complexity index is 1310. The molecule has 3 nitrogen and oxygen atoms in total. The second-order valence-electron chi connectivity index (χ2n) is 8.99. The summed E-state index contributed by atoms with van der Waals surface area (Å²) in [6.45, 7) is 0. The number of rotatable bonds is 5. The Morgan fingerprint density at radius 2 is 0.778 bits per heavy atom. The van der Waals surface area contributed by atoms with E-state index in [-0.39, 0.29) is 0 Å². The van der Waals surface area contributed by atoms with Gasteiger partial charge in [-0.3, -0.25) is 0 Å². The lowest BCUT2D eigenvalue weighted by atomic mass is 9.54.